The zero-order chi connectivity index (χ0) is 30.0. The number of fused-ring (bicyclic) bond motifs is 1. The summed E-state index contributed by atoms with van der Waals surface area (Å²) in [6.07, 6.45) is 1.96. The molecule has 1 saturated heterocycles. The molecule has 3 aromatic carbocycles. The van der Waals surface area contributed by atoms with Crippen LogP contribution in [-0.4, -0.2) is 52.0 Å². The second-order valence-electron chi connectivity index (χ2n) is 12.1. The van der Waals surface area contributed by atoms with Crippen LogP contribution in [0, 0.1) is 6.92 Å². The fourth-order valence-electron chi connectivity index (χ4n) is 5.42. The molecule has 5 aromatic rings. The Kier molecular flexibility index (Phi) is 7.97. The Labute approximate surface area is 252 Å². The second kappa shape index (κ2) is 12.0. The van der Waals surface area contributed by atoms with Crippen molar-refractivity contribution in [1.29, 1.82) is 0 Å². The number of hydrogen-bond donors (Lipinski definition) is 2. The number of pyridine rings is 1. The number of para-hydroxylation sites is 1. The minimum Gasteiger partial charge on any atom is -0.379 e. The summed E-state index contributed by atoms with van der Waals surface area (Å²) in [6.45, 7) is 12.7. The van der Waals surface area contributed by atoms with E-state index >= 15 is 0 Å². The molecule has 43 heavy (non-hydrogen) atoms. The van der Waals surface area contributed by atoms with Gasteiger partial charge < -0.3 is 10.1 Å². The number of rotatable bonds is 6. The molecule has 1 fully saturated rings. The number of urea groups is 1. The predicted molar refractivity (Wildman–Crippen MR) is 173 cm³/mol. The Balaban J connectivity index is 1.25. The average molecular weight is 575 g/mol. The Hall–Kier alpha value is -4.53. The Bertz CT molecular complexity index is 1750. The van der Waals surface area contributed by atoms with Crippen molar-refractivity contribution in [2.75, 3.05) is 36.9 Å². The van der Waals surface area contributed by atoms with Gasteiger partial charge in [0.05, 0.1) is 36.0 Å². The largest absolute Gasteiger partial charge is 0.379 e. The highest BCUT2D eigenvalue weighted by molar-refractivity contribution is 6.09. The van der Waals surface area contributed by atoms with Crippen LogP contribution in [0.5, 0.6) is 0 Å². The Morgan fingerprint density at radius 2 is 1.65 bits per heavy atom. The van der Waals surface area contributed by atoms with Gasteiger partial charge in [0.15, 0.2) is 0 Å². The van der Waals surface area contributed by atoms with Crippen molar-refractivity contribution in [3.05, 3.63) is 102 Å². The maximum Gasteiger partial charge on any atom is 0.324 e. The van der Waals surface area contributed by atoms with Gasteiger partial charge in [-0.05, 0) is 41.6 Å². The van der Waals surface area contributed by atoms with Crippen molar-refractivity contribution in [2.24, 2.45) is 0 Å². The standard InChI is InChI=1S/C35H38N6O2/c1-24-9-5-8-12-31(24)41-33(21-32(39-41)35(2,3)4)38-34(42)37-30-16-14-28(26-10-6-7-11-27(26)30)29-15-13-25(22-36-29)23-40-17-19-43-20-18-40/h5-16,21-22H,17-20,23H2,1-4H3,(H2,37,38,42). The van der Waals surface area contributed by atoms with E-state index in [4.69, 9.17) is 14.8 Å². The van der Waals surface area contributed by atoms with E-state index in [1.807, 2.05) is 78.5 Å². The number of anilines is 2. The molecule has 0 bridgehead atoms. The highest BCUT2D eigenvalue weighted by Gasteiger charge is 2.22. The van der Waals surface area contributed by atoms with Gasteiger partial charge in [-0.15, -0.1) is 0 Å². The summed E-state index contributed by atoms with van der Waals surface area (Å²) in [7, 11) is 0. The van der Waals surface area contributed by atoms with Crippen molar-refractivity contribution in [3.8, 4) is 16.9 Å². The normalized spacial score (nSPS) is 14.1. The van der Waals surface area contributed by atoms with Gasteiger partial charge in [0.25, 0.3) is 0 Å². The van der Waals surface area contributed by atoms with Crippen LogP contribution in [0.2, 0.25) is 0 Å². The molecule has 2 aromatic heterocycles. The van der Waals surface area contributed by atoms with E-state index in [0.29, 0.717) is 5.82 Å². The molecule has 2 N–H and O–H groups in total. The number of aryl methyl sites for hydroxylation is 1. The van der Waals surface area contributed by atoms with E-state index < -0.39 is 0 Å². The van der Waals surface area contributed by atoms with E-state index in [2.05, 4.69) is 54.5 Å². The third-order valence-corrected chi connectivity index (χ3v) is 7.85. The predicted octanol–water partition coefficient (Wildman–Crippen LogP) is 7.17. The zero-order valence-corrected chi connectivity index (χ0v) is 25.2. The number of nitrogens with one attached hydrogen (secondary N) is 2. The van der Waals surface area contributed by atoms with Crippen LogP contribution in [0.4, 0.5) is 16.3 Å². The van der Waals surface area contributed by atoms with Crippen molar-refractivity contribution < 1.29 is 9.53 Å². The topological polar surface area (TPSA) is 84.3 Å². The van der Waals surface area contributed by atoms with E-state index in [9.17, 15) is 4.79 Å². The minimum absolute atomic E-state index is 0.179. The van der Waals surface area contributed by atoms with Crippen LogP contribution >= 0.6 is 0 Å². The van der Waals surface area contributed by atoms with Crippen LogP contribution in [0.3, 0.4) is 0 Å². The van der Waals surface area contributed by atoms with E-state index in [1.54, 1.807) is 0 Å². The van der Waals surface area contributed by atoms with Crippen LogP contribution in [0.25, 0.3) is 27.7 Å². The quantitative estimate of drug-likeness (QED) is 0.225. The van der Waals surface area contributed by atoms with Crippen LogP contribution in [0.1, 0.15) is 37.6 Å². The molecule has 2 amide bonds. The van der Waals surface area contributed by atoms with Gasteiger partial charge in [-0.1, -0.05) is 75.4 Å². The number of hydrogen-bond acceptors (Lipinski definition) is 5. The second-order valence-corrected chi connectivity index (χ2v) is 12.1. The lowest BCUT2D eigenvalue weighted by atomic mass is 9.92. The fraction of sp³-hybridized carbons (Fsp3) is 0.286. The molecule has 0 aliphatic carbocycles. The summed E-state index contributed by atoms with van der Waals surface area (Å²) >= 11 is 0. The molecule has 8 heteroatoms. The summed E-state index contributed by atoms with van der Waals surface area (Å²) in [5.41, 5.74) is 6.53. The number of benzene rings is 3. The molecule has 6 rings (SSSR count). The molecule has 0 radical (unpaired) electrons. The number of carbonyl (C=O) groups is 1. The summed E-state index contributed by atoms with van der Waals surface area (Å²) in [4.78, 5) is 20.6. The molecule has 3 heterocycles. The fourth-order valence-corrected chi connectivity index (χ4v) is 5.42. The monoisotopic (exact) mass is 574 g/mol. The van der Waals surface area contributed by atoms with Gasteiger partial charge >= 0.3 is 6.03 Å². The number of aromatic nitrogens is 3. The molecular weight excluding hydrogens is 536 g/mol. The lowest BCUT2D eigenvalue weighted by Crippen LogP contribution is -2.35. The molecule has 0 saturated carbocycles. The van der Waals surface area contributed by atoms with Crippen LogP contribution in [-0.2, 0) is 16.7 Å². The number of ether oxygens (including phenoxy) is 1. The van der Waals surface area contributed by atoms with Gasteiger partial charge in [0, 0.05) is 48.3 Å². The van der Waals surface area contributed by atoms with Crippen LogP contribution < -0.4 is 10.6 Å². The SMILES string of the molecule is Cc1ccccc1-n1nc(C(C)(C)C)cc1NC(=O)Nc1ccc(-c2ccc(CN3CCOCC3)cn2)c2ccccc12. The first kappa shape index (κ1) is 28.6. The van der Waals surface area contributed by atoms with Gasteiger partial charge in [0.2, 0.25) is 0 Å². The average Bonchev–Trinajstić information content (AvgIpc) is 3.43. The first-order chi connectivity index (χ1) is 20.8. The molecule has 0 atom stereocenters. The highest BCUT2D eigenvalue weighted by atomic mass is 16.5. The van der Waals surface area contributed by atoms with Gasteiger partial charge in [-0.3, -0.25) is 15.2 Å². The number of carbonyl (C=O) groups excluding carboxylic acids is 1. The van der Waals surface area contributed by atoms with Gasteiger partial charge in [0.1, 0.15) is 5.82 Å². The summed E-state index contributed by atoms with van der Waals surface area (Å²) < 4.78 is 7.28. The van der Waals surface area contributed by atoms with Crippen LogP contribution in [0.15, 0.2) is 85.1 Å². The molecular formula is C35H38N6O2. The lowest BCUT2D eigenvalue weighted by Gasteiger charge is -2.26. The summed E-state index contributed by atoms with van der Waals surface area (Å²) in [5.74, 6) is 0.610. The lowest BCUT2D eigenvalue weighted by molar-refractivity contribution is 0.0341. The van der Waals surface area contributed by atoms with Crippen molar-refractivity contribution in [2.45, 2.75) is 39.7 Å². The summed E-state index contributed by atoms with van der Waals surface area (Å²) in [5, 5.41) is 13.0. The number of amides is 2. The number of nitrogens with zero attached hydrogens (tertiary/aromatic N) is 4. The maximum absolute atomic E-state index is 13.4. The van der Waals surface area contributed by atoms with E-state index in [0.717, 1.165) is 77.5 Å². The number of morpholine rings is 1. The molecule has 8 nitrogen and oxygen atoms in total. The third-order valence-electron chi connectivity index (χ3n) is 7.85. The highest BCUT2D eigenvalue weighted by Crippen LogP contribution is 2.33. The molecule has 1 aliphatic heterocycles. The summed E-state index contributed by atoms with van der Waals surface area (Å²) in [6, 6.07) is 25.9. The van der Waals surface area contributed by atoms with Gasteiger partial charge in [-0.25, -0.2) is 9.48 Å². The Morgan fingerprint density at radius 3 is 2.37 bits per heavy atom. The smallest absolute Gasteiger partial charge is 0.324 e. The van der Waals surface area contributed by atoms with Crippen molar-refractivity contribution in [3.63, 3.8) is 0 Å². The molecule has 0 unspecified atom stereocenters. The first-order valence-corrected chi connectivity index (χ1v) is 14.8. The minimum atomic E-state index is -0.335. The van der Waals surface area contributed by atoms with E-state index in [1.165, 1.54) is 5.56 Å². The maximum atomic E-state index is 13.4. The van der Waals surface area contributed by atoms with Crippen molar-refractivity contribution >= 4 is 28.3 Å². The zero-order valence-electron chi connectivity index (χ0n) is 25.2. The molecule has 220 valence electrons. The van der Waals surface area contributed by atoms with Crippen molar-refractivity contribution in [1.82, 2.24) is 19.7 Å². The third kappa shape index (κ3) is 6.30. The Morgan fingerprint density at radius 1 is 0.907 bits per heavy atom. The first-order valence-electron chi connectivity index (χ1n) is 14.8. The molecule has 0 spiro atoms. The van der Waals surface area contributed by atoms with E-state index in [-0.39, 0.29) is 11.4 Å². The molecule has 1 aliphatic rings. The van der Waals surface area contributed by atoms with Gasteiger partial charge in [-0.2, -0.15) is 5.10 Å².